The maximum absolute atomic E-state index is 9.37. The molecule has 1 aromatic rings. The van der Waals surface area contributed by atoms with Crippen molar-refractivity contribution < 1.29 is 9.47 Å². The van der Waals surface area contributed by atoms with Crippen molar-refractivity contribution in [1.82, 2.24) is 4.98 Å². The molecule has 2 rings (SSSR count). The molecular formula is C15H21N3O2S. The molecule has 0 saturated carbocycles. The summed E-state index contributed by atoms with van der Waals surface area (Å²) in [5.74, 6) is 0.862. The monoisotopic (exact) mass is 307 g/mol. The second kappa shape index (κ2) is 6.56. The van der Waals surface area contributed by atoms with Gasteiger partial charge in [-0.05, 0) is 25.8 Å². The molecule has 1 aliphatic rings. The molecule has 21 heavy (non-hydrogen) atoms. The van der Waals surface area contributed by atoms with E-state index in [1.165, 1.54) is 0 Å². The Morgan fingerprint density at radius 3 is 2.90 bits per heavy atom. The summed E-state index contributed by atoms with van der Waals surface area (Å²) in [6.07, 6.45) is 1.59. The van der Waals surface area contributed by atoms with Gasteiger partial charge >= 0.3 is 0 Å². The third kappa shape index (κ3) is 3.62. The fourth-order valence-corrected chi connectivity index (χ4v) is 2.76. The van der Waals surface area contributed by atoms with Crippen molar-refractivity contribution >= 4 is 18.0 Å². The molecule has 0 amide bonds. The number of H-pyrrole nitrogens is 1. The third-order valence-electron chi connectivity index (χ3n) is 3.58. The highest BCUT2D eigenvalue weighted by atomic mass is 32.1. The van der Waals surface area contributed by atoms with E-state index in [-0.39, 0.29) is 5.60 Å². The van der Waals surface area contributed by atoms with Crippen LogP contribution in [-0.4, -0.2) is 30.8 Å². The smallest absolute Gasteiger partial charge is 0.123 e. The molecule has 6 heteroatoms. The number of ether oxygens (including phenoxy) is 2. The van der Waals surface area contributed by atoms with E-state index in [4.69, 9.17) is 21.7 Å². The van der Waals surface area contributed by atoms with Gasteiger partial charge in [-0.2, -0.15) is 5.26 Å². The van der Waals surface area contributed by atoms with Crippen LogP contribution >= 0.6 is 12.2 Å². The SMILES string of the molecule is COCCCNc1[nH]c(=S)c(C#N)c2c1COC(C)(C)C2. The van der Waals surface area contributed by atoms with Gasteiger partial charge < -0.3 is 19.8 Å². The summed E-state index contributed by atoms with van der Waals surface area (Å²) in [5.41, 5.74) is 2.32. The number of aromatic amines is 1. The van der Waals surface area contributed by atoms with Gasteiger partial charge in [0.2, 0.25) is 0 Å². The van der Waals surface area contributed by atoms with Gasteiger partial charge in [0, 0.05) is 32.2 Å². The summed E-state index contributed by atoms with van der Waals surface area (Å²) in [5, 5.41) is 12.7. The number of anilines is 1. The number of nitrogens with one attached hydrogen (secondary N) is 2. The van der Waals surface area contributed by atoms with Gasteiger partial charge in [-0.3, -0.25) is 0 Å². The van der Waals surface area contributed by atoms with E-state index in [2.05, 4.69) is 16.4 Å². The molecule has 114 valence electrons. The van der Waals surface area contributed by atoms with Crippen molar-refractivity contribution in [3.05, 3.63) is 21.3 Å². The van der Waals surface area contributed by atoms with Crippen LogP contribution in [0.15, 0.2) is 0 Å². The number of aromatic nitrogens is 1. The van der Waals surface area contributed by atoms with Crippen LogP contribution in [0.25, 0.3) is 0 Å². The first kappa shape index (κ1) is 16.0. The number of hydrogen-bond donors (Lipinski definition) is 2. The zero-order chi connectivity index (χ0) is 15.5. The lowest BCUT2D eigenvalue weighted by molar-refractivity contribution is -0.0400. The van der Waals surface area contributed by atoms with Crippen molar-refractivity contribution in [2.24, 2.45) is 0 Å². The van der Waals surface area contributed by atoms with E-state index in [0.29, 0.717) is 29.8 Å². The topological polar surface area (TPSA) is 70.1 Å². The highest BCUT2D eigenvalue weighted by molar-refractivity contribution is 7.71. The zero-order valence-corrected chi connectivity index (χ0v) is 13.5. The van der Waals surface area contributed by atoms with Crippen molar-refractivity contribution in [2.75, 3.05) is 25.6 Å². The minimum atomic E-state index is -0.269. The second-order valence-electron chi connectivity index (χ2n) is 5.77. The molecule has 5 nitrogen and oxygen atoms in total. The number of methoxy groups -OCH3 is 1. The summed E-state index contributed by atoms with van der Waals surface area (Å²) in [4.78, 5) is 3.12. The summed E-state index contributed by atoms with van der Waals surface area (Å²) in [7, 11) is 1.69. The number of pyridine rings is 1. The lowest BCUT2D eigenvalue weighted by atomic mass is 9.89. The second-order valence-corrected chi connectivity index (χ2v) is 6.18. The normalized spacial score (nSPS) is 16.1. The molecule has 1 aliphatic heterocycles. The first-order chi connectivity index (χ1) is 9.98. The van der Waals surface area contributed by atoms with Crippen LogP contribution in [0.2, 0.25) is 0 Å². The molecule has 0 unspecified atom stereocenters. The van der Waals surface area contributed by atoms with Crippen LogP contribution in [0.4, 0.5) is 5.82 Å². The Bertz CT molecular complexity index is 617. The molecule has 0 atom stereocenters. The maximum Gasteiger partial charge on any atom is 0.123 e. The van der Waals surface area contributed by atoms with Gasteiger partial charge in [-0.1, -0.05) is 12.2 Å². The fraction of sp³-hybridized carbons (Fsp3) is 0.600. The minimum absolute atomic E-state index is 0.269. The Hall–Kier alpha value is -1.42. The summed E-state index contributed by atoms with van der Waals surface area (Å²) >= 11 is 5.32. The van der Waals surface area contributed by atoms with E-state index in [1.54, 1.807) is 7.11 Å². The molecule has 1 aromatic heterocycles. The van der Waals surface area contributed by atoms with Gasteiger partial charge in [0.15, 0.2) is 0 Å². The van der Waals surface area contributed by atoms with E-state index < -0.39 is 0 Å². The van der Waals surface area contributed by atoms with E-state index in [1.807, 2.05) is 13.8 Å². The molecule has 0 fully saturated rings. The molecule has 2 N–H and O–H groups in total. The Labute approximate surface area is 130 Å². The average Bonchev–Trinajstić information content (AvgIpc) is 2.42. The first-order valence-corrected chi connectivity index (χ1v) is 7.44. The predicted molar refractivity (Wildman–Crippen MR) is 83.9 cm³/mol. The zero-order valence-electron chi connectivity index (χ0n) is 12.7. The highest BCUT2D eigenvalue weighted by Gasteiger charge is 2.30. The van der Waals surface area contributed by atoms with Crippen molar-refractivity contribution in [2.45, 2.75) is 38.9 Å². The Morgan fingerprint density at radius 1 is 1.48 bits per heavy atom. The van der Waals surface area contributed by atoms with Gasteiger partial charge in [0.1, 0.15) is 16.5 Å². The molecule has 0 aliphatic carbocycles. The number of nitrogens with zero attached hydrogens (tertiary/aromatic N) is 1. The maximum atomic E-state index is 9.37. The Morgan fingerprint density at radius 2 is 2.24 bits per heavy atom. The largest absolute Gasteiger partial charge is 0.385 e. The first-order valence-electron chi connectivity index (χ1n) is 7.03. The summed E-state index contributed by atoms with van der Waals surface area (Å²) < 4.78 is 11.4. The molecule has 2 heterocycles. The third-order valence-corrected chi connectivity index (χ3v) is 3.89. The minimum Gasteiger partial charge on any atom is -0.385 e. The molecule has 0 spiro atoms. The average molecular weight is 307 g/mol. The van der Waals surface area contributed by atoms with E-state index in [0.717, 1.165) is 29.9 Å². The van der Waals surface area contributed by atoms with Crippen LogP contribution in [0.1, 0.15) is 37.0 Å². The number of hydrogen-bond acceptors (Lipinski definition) is 5. The fourth-order valence-electron chi connectivity index (χ4n) is 2.49. The number of fused-ring (bicyclic) bond motifs is 1. The van der Waals surface area contributed by atoms with Crippen molar-refractivity contribution in [3.8, 4) is 6.07 Å². The lowest BCUT2D eigenvalue weighted by Crippen LogP contribution is -2.33. The van der Waals surface area contributed by atoms with Gasteiger partial charge in [-0.25, -0.2) is 0 Å². The summed E-state index contributed by atoms with van der Waals surface area (Å²) in [6, 6.07) is 2.23. The molecule has 0 saturated heterocycles. The molecule has 0 radical (unpaired) electrons. The van der Waals surface area contributed by atoms with Gasteiger partial charge in [-0.15, -0.1) is 0 Å². The Kier molecular flexibility index (Phi) is 4.99. The molecule has 0 aromatic carbocycles. The van der Waals surface area contributed by atoms with Crippen LogP contribution in [-0.2, 0) is 22.5 Å². The van der Waals surface area contributed by atoms with Gasteiger partial charge in [0.05, 0.1) is 17.8 Å². The van der Waals surface area contributed by atoms with Crippen molar-refractivity contribution in [1.29, 1.82) is 5.26 Å². The standard InChI is InChI=1S/C15H21N3O2S/c1-15(2)7-10-11(8-16)14(21)18-13(12(10)9-20-15)17-5-4-6-19-3/h4-7,9H2,1-3H3,(H2,17,18,21). The van der Waals surface area contributed by atoms with Crippen LogP contribution in [0, 0.1) is 16.0 Å². The summed E-state index contributed by atoms with van der Waals surface area (Å²) in [6.45, 7) is 6.03. The molecular weight excluding hydrogens is 286 g/mol. The van der Waals surface area contributed by atoms with Gasteiger partial charge in [0.25, 0.3) is 0 Å². The van der Waals surface area contributed by atoms with Crippen LogP contribution in [0.3, 0.4) is 0 Å². The highest BCUT2D eigenvalue weighted by Crippen LogP contribution is 2.33. The van der Waals surface area contributed by atoms with Crippen LogP contribution in [0.5, 0.6) is 0 Å². The quantitative estimate of drug-likeness (QED) is 0.646. The number of rotatable bonds is 5. The van der Waals surface area contributed by atoms with Crippen LogP contribution < -0.4 is 5.32 Å². The molecule has 0 bridgehead atoms. The van der Waals surface area contributed by atoms with E-state index in [9.17, 15) is 5.26 Å². The van der Waals surface area contributed by atoms with E-state index >= 15 is 0 Å². The Balaban J connectivity index is 2.34. The lowest BCUT2D eigenvalue weighted by Gasteiger charge is -2.33. The number of nitriles is 1. The van der Waals surface area contributed by atoms with Crippen molar-refractivity contribution in [3.63, 3.8) is 0 Å². The predicted octanol–water partition coefficient (Wildman–Crippen LogP) is 2.92.